The molecule has 0 saturated carbocycles. The number of nitrogens with zero attached hydrogens (tertiary/aromatic N) is 2. The van der Waals surface area contributed by atoms with Gasteiger partial charge in [0.15, 0.2) is 5.69 Å². The van der Waals surface area contributed by atoms with Crippen molar-refractivity contribution in [1.82, 2.24) is 4.90 Å². The van der Waals surface area contributed by atoms with Gasteiger partial charge in [-0.3, -0.25) is 4.90 Å². The molecule has 1 aromatic rings. The van der Waals surface area contributed by atoms with Crippen LogP contribution in [0.25, 0.3) is 0 Å². The normalized spacial score (nSPS) is 22.7. The highest BCUT2D eigenvalue weighted by molar-refractivity contribution is 5.95. The minimum absolute atomic E-state index is 0.174. The van der Waals surface area contributed by atoms with Crippen molar-refractivity contribution < 1.29 is 5.17 Å². The maximum absolute atomic E-state index is 11.7. The molecule has 0 aliphatic carbocycles. The number of nitrogens with two attached hydrogens (primary N) is 1. The van der Waals surface area contributed by atoms with Crippen LogP contribution in [0.4, 0.5) is 11.4 Å². The van der Waals surface area contributed by atoms with E-state index in [2.05, 4.69) is 22.2 Å². The average Bonchev–Trinajstić information content (AvgIpc) is 2.68. The van der Waals surface area contributed by atoms with Gasteiger partial charge in [-0.05, 0) is 28.8 Å². The second-order valence-corrected chi connectivity index (χ2v) is 4.40. The summed E-state index contributed by atoms with van der Waals surface area (Å²) < 4.78 is 0. The highest BCUT2D eigenvalue weighted by atomic mass is 16.5. The Morgan fingerprint density at radius 3 is 2.88 bits per heavy atom. The molecule has 0 amide bonds. The van der Waals surface area contributed by atoms with E-state index in [-0.39, 0.29) is 11.1 Å². The first-order chi connectivity index (χ1) is 8.17. The van der Waals surface area contributed by atoms with E-state index in [0.717, 1.165) is 25.3 Å². The molecule has 2 aliphatic rings. The zero-order valence-electron chi connectivity index (χ0n) is 9.66. The van der Waals surface area contributed by atoms with E-state index in [1.54, 1.807) is 0 Å². The summed E-state index contributed by atoms with van der Waals surface area (Å²) in [6, 6.07) is 3.95. The fraction of sp³-hybridized carbons (Fsp3) is 0.364. The third-order valence-corrected chi connectivity index (χ3v) is 3.29. The molecule has 0 saturated heterocycles. The summed E-state index contributed by atoms with van der Waals surface area (Å²) in [5, 5.41) is 18.1. The zero-order chi connectivity index (χ0) is 12.0. The van der Waals surface area contributed by atoms with Crippen molar-refractivity contribution >= 4 is 17.3 Å². The largest absolute Gasteiger partial charge is 0.601 e. The van der Waals surface area contributed by atoms with Crippen molar-refractivity contribution in [1.29, 1.82) is 0 Å². The molecule has 1 aromatic carbocycles. The Labute approximate surface area is 99.3 Å². The Kier molecular flexibility index (Phi) is 2.29. The number of nitrogens with one attached hydrogen (secondary N) is 2. The van der Waals surface area contributed by atoms with Crippen LogP contribution >= 0.6 is 0 Å². The number of hydrogen-bond donors (Lipinski definition) is 3. The van der Waals surface area contributed by atoms with Gasteiger partial charge in [0.1, 0.15) is 5.69 Å². The van der Waals surface area contributed by atoms with Crippen molar-refractivity contribution in [2.75, 3.05) is 11.9 Å². The number of benzene rings is 1. The number of rotatable bonds is 1. The first-order valence-corrected chi connectivity index (χ1v) is 5.71. The molecule has 4 N–H and O–H groups in total. The summed E-state index contributed by atoms with van der Waals surface area (Å²) in [6.07, 6.45) is 0. The highest BCUT2D eigenvalue weighted by Gasteiger charge is 2.24. The van der Waals surface area contributed by atoms with Crippen molar-refractivity contribution in [3.05, 3.63) is 28.5 Å². The molecule has 2 aliphatic heterocycles. The maximum Gasteiger partial charge on any atom is 0.252 e. The topological polar surface area (TPSA) is 81.1 Å². The maximum atomic E-state index is 11.7. The van der Waals surface area contributed by atoms with E-state index in [4.69, 9.17) is 5.73 Å². The molecule has 0 bridgehead atoms. The summed E-state index contributed by atoms with van der Waals surface area (Å²) >= 11 is 0. The zero-order valence-corrected chi connectivity index (χ0v) is 9.66. The minimum atomic E-state index is -0.256. The first-order valence-electron chi connectivity index (χ1n) is 5.71. The van der Waals surface area contributed by atoms with Gasteiger partial charge in [0.25, 0.3) is 5.96 Å². The number of fused-ring (bicyclic) bond motifs is 2. The van der Waals surface area contributed by atoms with Gasteiger partial charge in [0.05, 0.1) is 0 Å². The number of hydrogen-bond acceptors (Lipinski definition) is 5. The fourth-order valence-corrected chi connectivity index (χ4v) is 2.36. The van der Waals surface area contributed by atoms with Crippen LogP contribution in [0.2, 0.25) is 0 Å². The van der Waals surface area contributed by atoms with Crippen molar-refractivity contribution in [3.8, 4) is 0 Å². The van der Waals surface area contributed by atoms with Crippen LogP contribution in [0.15, 0.2) is 17.2 Å². The fourth-order valence-electron chi connectivity index (χ4n) is 2.36. The lowest BCUT2D eigenvalue weighted by atomic mass is 10.1. The summed E-state index contributed by atoms with van der Waals surface area (Å²) in [7, 11) is 0. The van der Waals surface area contributed by atoms with Crippen LogP contribution in [0.3, 0.4) is 0 Å². The van der Waals surface area contributed by atoms with Gasteiger partial charge in [-0.25, -0.2) is 5.17 Å². The quantitative estimate of drug-likeness (QED) is 0.581. The molecular formula is C11H15N5O. The van der Waals surface area contributed by atoms with Gasteiger partial charge in [0.2, 0.25) is 0 Å². The molecule has 0 fully saturated rings. The predicted octanol–water partition coefficient (Wildman–Crippen LogP) is -0.308. The summed E-state index contributed by atoms with van der Waals surface area (Å²) in [6.45, 7) is 4.99. The van der Waals surface area contributed by atoms with Gasteiger partial charge in [0, 0.05) is 19.2 Å². The third kappa shape index (κ3) is 1.66. The molecular weight excluding hydrogens is 218 g/mol. The molecule has 3 rings (SSSR count). The molecule has 1 unspecified atom stereocenters. The van der Waals surface area contributed by atoms with E-state index in [9.17, 15) is 5.21 Å². The predicted molar refractivity (Wildman–Crippen MR) is 65.5 cm³/mol. The molecule has 2 heterocycles. The van der Waals surface area contributed by atoms with E-state index < -0.39 is 0 Å². The van der Waals surface area contributed by atoms with Crippen LogP contribution < -0.4 is 16.2 Å². The molecule has 0 radical (unpaired) electrons. The van der Waals surface area contributed by atoms with Gasteiger partial charge in [-0.15, -0.1) is 0 Å². The summed E-state index contributed by atoms with van der Waals surface area (Å²) in [5.41, 5.74) is 9.43. The van der Waals surface area contributed by atoms with E-state index in [1.165, 1.54) is 11.1 Å². The van der Waals surface area contributed by atoms with Crippen LogP contribution in [0, 0.1) is 5.21 Å². The summed E-state index contributed by atoms with van der Waals surface area (Å²) in [5.74, 6) is 0.174. The van der Waals surface area contributed by atoms with Gasteiger partial charge >= 0.3 is 0 Å². The van der Waals surface area contributed by atoms with Crippen molar-refractivity contribution in [3.63, 3.8) is 0 Å². The Morgan fingerprint density at radius 2 is 2.18 bits per heavy atom. The second-order valence-electron chi connectivity index (χ2n) is 4.40. The SMILES string of the molecule is CCN1Cc2cc3c(cc2C1)[NH+]([O-])N=C(N)N3. The van der Waals surface area contributed by atoms with E-state index in [1.807, 2.05) is 12.1 Å². The summed E-state index contributed by atoms with van der Waals surface area (Å²) in [4.78, 5) is 2.32. The Balaban J connectivity index is 2.01. The van der Waals surface area contributed by atoms with Crippen molar-refractivity contribution in [2.24, 2.45) is 10.8 Å². The second kappa shape index (κ2) is 3.69. The number of quaternary nitrogens is 1. The van der Waals surface area contributed by atoms with E-state index in [0.29, 0.717) is 5.69 Å². The lowest BCUT2D eigenvalue weighted by Crippen LogP contribution is -2.98. The molecule has 6 heteroatoms. The Bertz CT molecular complexity index is 499. The molecule has 6 nitrogen and oxygen atoms in total. The number of anilines is 1. The Hall–Kier alpha value is -1.63. The number of guanidine groups is 1. The molecule has 0 spiro atoms. The van der Waals surface area contributed by atoms with Crippen LogP contribution in [-0.4, -0.2) is 17.4 Å². The van der Waals surface area contributed by atoms with Crippen molar-refractivity contribution in [2.45, 2.75) is 20.0 Å². The lowest BCUT2D eigenvalue weighted by Gasteiger charge is -2.23. The van der Waals surface area contributed by atoms with Gasteiger partial charge in [-0.1, -0.05) is 6.92 Å². The van der Waals surface area contributed by atoms with Crippen LogP contribution in [0.5, 0.6) is 0 Å². The smallest absolute Gasteiger partial charge is 0.252 e. The molecule has 1 atom stereocenters. The minimum Gasteiger partial charge on any atom is -0.601 e. The average molecular weight is 233 g/mol. The monoisotopic (exact) mass is 233 g/mol. The van der Waals surface area contributed by atoms with Gasteiger partial charge in [-0.2, -0.15) is 0 Å². The first kappa shape index (κ1) is 10.5. The molecule has 0 aromatic heterocycles. The third-order valence-electron chi connectivity index (χ3n) is 3.29. The Morgan fingerprint density at radius 1 is 1.47 bits per heavy atom. The standard InChI is InChI=1S/C11H15N5O/c1-2-15-5-7-3-9-10(4-8(7)6-15)16(17)14-11(12)13-9/h3-4,16H,2,5-6H2,1H3,(H3,12,13,14). The molecule has 17 heavy (non-hydrogen) atoms. The molecule has 90 valence electrons. The van der Waals surface area contributed by atoms with E-state index >= 15 is 0 Å². The van der Waals surface area contributed by atoms with Crippen LogP contribution in [0.1, 0.15) is 18.1 Å². The lowest BCUT2D eigenvalue weighted by molar-refractivity contribution is -0.783. The van der Waals surface area contributed by atoms with Crippen LogP contribution in [-0.2, 0) is 13.1 Å². The van der Waals surface area contributed by atoms with Gasteiger partial charge < -0.3 is 16.3 Å². The highest BCUT2D eigenvalue weighted by Crippen LogP contribution is 2.30.